The van der Waals surface area contributed by atoms with Crippen LogP contribution in [0.3, 0.4) is 0 Å². The molecule has 0 aliphatic carbocycles. The molecule has 3 heteroatoms. The zero-order chi connectivity index (χ0) is 10.7. The zero-order valence-electron chi connectivity index (χ0n) is 8.95. The zero-order valence-corrected chi connectivity index (χ0v) is 8.95. The lowest BCUT2D eigenvalue weighted by Gasteiger charge is -2.19. The van der Waals surface area contributed by atoms with Crippen LogP contribution in [0, 0.1) is 5.82 Å². The lowest BCUT2D eigenvalue weighted by atomic mass is 10.2. The molecule has 0 saturated carbocycles. The monoisotopic (exact) mass is 209 g/mol. The van der Waals surface area contributed by atoms with E-state index in [9.17, 15) is 4.39 Å². The minimum absolute atomic E-state index is 0.243. The molecule has 1 heterocycles. The summed E-state index contributed by atoms with van der Waals surface area (Å²) in [5.41, 5.74) is 0. The van der Waals surface area contributed by atoms with Gasteiger partial charge in [-0.3, -0.25) is 0 Å². The van der Waals surface area contributed by atoms with Gasteiger partial charge in [-0.05, 0) is 38.6 Å². The van der Waals surface area contributed by atoms with E-state index in [0.29, 0.717) is 18.4 Å². The Kier molecular flexibility index (Phi) is 3.21. The molecule has 0 amide bonds. The maximum absolute atomic E-state index is 12.9. The number of rotatable bonds is 3. The first-order valence-electron chi connectivity index (χ1n) is 5.34. The van der Waals surface area contributed by atoms with Crippen molar-refractivity contribution in [2.45, 2.75) is 18.9 Å². The van der Waals surface area contributed by atoms with Gasteiger partial charge in [0.2, 0.25) is 0 Å². The minimum Gasteiger partial charge on any atom is -0.492 e. The van der Waals surface area contributed by atoms with Crippen molar-refractivity contribution in [2.24, 2.45) is 0 Å². The molecule has 1 aliphatic rings. The number of benzene rings is 1. The predicted octanol–water partition coefficient (Wildman–Crippen LogP) is 2.30. The van der Waals surface area contributed by atoms with Crippen molar-refractivity contribution in [1.82, 2.24) is 4.90 Å². The average molecular weight is 209 g/mol. The van der Waals surface area contributed by atoms with Gasteiger partial charge in [0.25, 0.3) is 0 Å². The Morgan fingerprint density at radius 3 is 3.07 bits per heavy atom. The topological polar surface area (TPSA) is 12.5 Å². The van der Waals surface area contributed by atoms with Gasteiger partial charge in [0.15, 0.2) is 0 Å². The van der Waals surface area contributed by atoms with Gasteiger partial charge in [-0.25, -0.2) is 4.39 Å². The molecule has 0 aromatic heterocycles. The summed E-state index contributed by atoms with van der Waals surface area (Å²) in [5.74, 6) is 0.377. The summed E-state index contributed by atoms with van der Waals surface area (Å²) in [6.45, 7) is 1.79. The van der Waals surface area contributed by atoms with Crippen LogP contribution in [0.2, 0.25) is 0 Å². The minimum atomic E-state index is -0.243. The van der Waals surface area contributed by atoms with E-state index >= 15 is 0 Å². The van der Waals surface area contributed by atoms with Crippen LogP contribution in [0.4, 0.5) is 4.39 Å². The standard InChI is InChI=1S/C12H16FNO/c1-14-7-3-5-11(14)9-15-12-6-2-4-10(13)8-12/h2,4,6,8,11H,3,5,7,9H2,1H3. The lowest BCUT2D eigenvalue weighted by Crippen LogP contribution is -2.30. The number of likely N-dealkylation sites (N-methyl/N-ethyl adjacent to an activating group) is 1. The fourth-order valence-corrected chi connectivity index (χ4v) is 1.94. The van der Waals surface area contributed by atoms with E-state index in [1.165, 1.54) is 25.0 Å². The molecular weight excluding hydrogens is 193 g/mol. The molecule has 1 fully saturated rings. The van der Waals surface area contributed by atoms with Gasteiger partial charge in [-0.1, -0.05) is 6.07 Å². The second-order valence-corrected chi connectivity index (χ2v) is 4.05. The molecule has 2 rings (SSSR count). The molecule has 1 aromatic carbocycles. The Morgan fingerprint density at radius 2 is 2.40 bits per heavy atom. The van der Waals surface area contributed by atoms with E-state index in [1.54, 1.807) is 12.1 Å². The fraction of sp³-hybridized carbons (Fsp3) is 0.500. The summed E-state index contributed by atoms with van der Waals surface area (Å²) in [4.78, 5) is 2.29. The summed E-state index contributed by atoms with van der Waals surface area (Å²) in [5, 5.41) is 0. The van der Waals surface area contributed by atoms with Gasteiger partial charge in [-0.2, -0.15) is 0 Å². The molecule has 1 atom stereocenters. The van der Waals surface area contributed by atoms with Crippen LogP contribution in [-0.2, 0) is 0 Å². The Bertz CT molecular complexity index is 329. The molecule has 82 valence electrons. The smallest absolute Gasteiger partial charge is 0.126 e. The van der Waals surface area contributed by atoms with E-state index in [0.717, 1.165) is 6.54 Å². The van der Waals surface area contributed by atoms with E-state index in [1.807, 2.05) is 0 Å². The highest BCUT2D eigenvalue weighted by Gasteiger charge is 2.21. The van der Waals surface area contributed by atoms with E-state index < -0.39 is 0 Å². The molecule has 0 spiro atoms. The summed E-state index contributed by atoms with van der Waals surface area (Å²) in [6.07, 6.45) is 2.40. The van der Waals surface area contributed by atoms with Gasteiger partial charge in [0.05, 0.1) is 0 Å². The van der Waals surface area contributed by atoms with Crippen molar-refractivity contribution < 1.29 is 9.13 Å². The molecule has 1 saturated heterocycles. The molecular formula is C12H16FNO. The summed E-state index contributed by atoms with van der Waals surface area (Å²) in [7, 11) is 2.10. The van der Waals surface area contributed by atoms with Crippen LogP contribution in [0.25, 0.3) is 0 Å². The van der Waals surface area contributed by atoms with Gasteiger partial charge in [0, 0.05) is 12.1 Å². The summed E-state index contributed by atoms with van der Waals surface area (Å²) >= 11 is 0. The van der Waals surface area contributed by atoms with E-state index in [2.05, 4.69) is 11.9 Å². The number of ether oxygens (including phenoxy) is 1. The Balaban J connectivity index is 1.87. The maximum Gasteiger partial charge on any atom is 0.126 e. The van der Waals surface area contributed by atoms with Crippen molar-refractivity contribution in [3.8, 4) is 5.75 Å². The van der Waals surface area contributed by atoms with Crippen LogP contribution in [0.5, 0.6) is 5.75 Å². The van der Waals surface area contributed by atoms with E-state index in [-0.39, 0.29) is 5.82 Å². The third-order valence-corrected chi connectivity index (χ3v) is 2.91. The summed E-state index contributed by atoms with van der Waals surface area (Å²) < 4.78 is 18.4. The van der Waals surface area contributed by atoms with Crippen molar-refractivity contribution in [2.75, 3.05) is 20.2 Å². The van der Waals surface area contributed by atoms with Gasteiger partial charge < -0.3 is 9.64 Å². The molecule has 1 aliphatic heterocycles. The molecule has 15 heavy (non-hydrogen) atoms. The second-order valence-electron chi connectivity index (χ2n) is 4.05. The normalized spacial score (nSPS) is 21.9. The predicted molar refractivity (Wildman–Crippen MR) is 57.5 cm³/mol. The second kappa shape index (κ2) is 4.62. The molecule has 1 aromatic rings. The quantitative estimate of drug-likeness (QED) is 0.757. The first kappa shape index (κ1) is 10.4. The summed E-state index contributed by atoms with van der Waals surface area (Å²) in [6, 6.07) is 6.79. The fourth-order valence-electron chi connectivity index (χ4n) is 1.94. The Morgan fingerprint density at radius 1 is 1.53 bits per heavy atom. The molecule has 0 bridgehead atoms. The maximum atomic E-state index is 12.9. The van der Waals surface area contributed by atoms with Gasteiger partial charge in [0.1, 0.15) is 18.2 Å². The van der Waals surface area contributed by atoms with Crippen LogP contribution in [-0.4, -0.2) is 31.1 Å². The molecule has 1 unspecified atom stereocenters. The number of halogens is 1. The van der Waals surface area contributed by atoms with Crippen LogP contribution in [0.1, 0.15) is 12.8 Å². The van der Waals surface area contributed by atoms with Crippen molar-refractivity contribution >= 4 is 0 Å². The van der Waals surface area contributed by atoms with Gasteiger partial charge >= 0.3 is 0 Å². The number of nitrogens with zero attached hydrogens (tertiary/aromatic N) is 1. The first-order valence-corrected chi connectivity index (χ1v) is 5.34. The van der Waals surface area contributed by atoms with Crippen LogP contribution in [0.15, 0.2) is 24.3 Å². The highest BCUT2D eigenvalue weighted by molar-refractivity contribution is 5.22. The number of hydrogen-bond donors (Lipinski definition) is 0. The van der Waals surface area contributed by atoms with Crippen molar-refractivity contribution in [3.05, 3.63) is 30.1 Å². The number of hydrogen-bond acceptors (Lipinski definition) is 2. The number of likely N-dealkylation sites (tertiary alicyclic amines) is 1. The Hall–Kier alpha value is -1.09. The molecule has 0 N–H and O–H groups in total. The van der Waals surface area contributed by atoms with Crippen molar-refractivity contribution in [1.29, 1.82) is 0 Å². The largest absolute Gasteiger partial charge is 0.492 e. The highest BCUT2D eigenvalue weighted by Crippen LogP contribution is 2.17. The third kappa shape index (κ3) is 2.69. The molecule has 0 radical (unpaired) electrons. The van der Waals surface area contributed by atoms with Crippen molar-refractivity contribution in [3.63, 3.8) is 0 Å². The highest BCUT2D eigenvalue weighted by atomic mass is 19.1. The lowest BCUT2D eigenvalue weighted by molar-refractivity contribution is 0.198. The van der Waals surface area contributed by atoms with E-state index in [4.69, 9.17) is 4.74 Å². The average Bonchev–Trinajstić information content (AvgIpc) is 2.61. The van der Waals surface area contributed by atoms with Crippen LogP contribution < -0.4 is 4.74 Å². The SMILES string of the molecule is CN1CCCC1COc1cccc(F)c1. The van der Waals surface area contributed by atoms with Crippen LogP contribution >= 0.6 is 0 Å². The first-order chi connectivity index (χ1) is 7.25. The third-order valence-electron chi connectivity index (χ3n) is 2.91. The Labute approximate surface area is 89.7 Å². The van der Waals surface area contributed by atoms with Gasteiger partial charge in [-0.15, -0.1) is 0 Å². The molecule has 2 nitrogen and oxygen atoms in total.